The van der Waals surface area contributed by atoms with Gasteiger partial charge in [-0.1, -0.05) is 6.92 Å². The maximum Gasteiger partial charge on any atom is 0.0458 e. The van der Waals surface area contributed by atoms with E-state index in [1.54, 1.807) is 0 Å². The summed E-state index contributed by atoms with van der Waals surface area (Å²) in [6.07, 6.45) is 4.01. The molecule has 14 heavy (non-hydrogen) atoms. The lowest BCUT2D eigenvalue weighted by molar-refractivity contribution is 0.0909. The summed E-state index contributed by atoms with van der Waals surface area (Å²) in [6.45, 7) is 6.82. The second-order valence-electron chi connectivity index (χ2n) is 4.76. The third-order valence-electron chi connectivity index (χ3n) is 4.14. The van der Waals surface area contributed by atoms with Gasteiger partial charge in [0.1, 0.15) is 0 Å². The Morgan fingerprint density at radius 3 is 2.71 bits per heavy atom. The van der Waals surface area contributed by atoms with Crippen molar-refractivity contribution in [1.29, 1.82) is 0 Å². The van der Waals surface area contributed by atoms with Gasteiger partial charge in [-0.2, -0.15) is 11.8 Å². The molecule has 3 unspecified atom stereocenters. The number of nitrogens with two attached hydrogens (primary N) is 1. The first kappa shape index (κ1) is 10.8. The summed E-state index contributed by atoms with van der Waals surface area (Å²) < 4.78 is 0. The van der Waals surface area contributed by atoms with Gasteiger partial charge in [0.05, 0.1) is 0 Å². The van der Waals surface area contributed by atoms with Crippen molar-refractivity contribution in [3.8, 4) is 0 Å². The van der Waals surface area contributed by atoms with Crippen molar-refractivity contribution in [2.45, 2.75) is 49.9 Å². The molecule has 2 fully saturated rings. The number of rotatable bonds is 2. The van der Waals surface area contributed by atoms with Crippen LogP contribution in [0, 0.1) is 0 Å². The predicted octanol–water partition coefficient (Wildman–Crippen LogP) is 1.69. The third kappa shape index (κ3) is 1.50. The second-order valence-corrected chi connectivity index (χ2v) is 6.20. The summed E-state index contributed by atoms with van der Waals surface area (Å²) in [5.74, 6) is 1.29. The van der Waals surface area contributed by atoms with Gasteiger partial charge < -0.3 is 5.73 Å². The molecule has 2 nitrogen and oxygen atoms in total. The Morgan fingerprint density at radius 1 is 1.50 bits per heavy atom. The van der Waals surface area contributed by atoms with Crippen LogP contribution in [0.25, 0.3) is 0 Å². The molecule has 0 bridgehead atoms. The minimum absolute atomic E-state index is 0.320. The van der Waals surface area contributed by atoms with Crippen LogP contribution >= 0.6 is 11.8 Å². The number of nitrogens with zero attached hydrogens (tertiary/aromatic N) is 1. The Morgan fingerprint density at radius 2 is 2.29 bits per heavy atom. The van der Waals surface area contributed by atoms with Crippen LogP contribution in [-0.4, -0.2) is 40.6 Å². The number of hydrogen-bond donors (Lipinski definition) is 1. The SMILES string of the molecule is CC1CCCN1C1(CN)CCSC1C. The van der Waals surface area contributed by atoms with Gasteiger partial charge in [-0.3, -0.25) is 4.90 Å². The standard InChI is InChI=1S/C11H22N2S/c1-9-4-3-6-13(9)11(8-12)5-7-14-10(11)2/h9-10H,3-8,12H2,1-2H3. The highest BCUT2D eigenvalue weighted by Crippen LogP contribution is 2.42. The van der Waals surface area contributed by atoms with Gasteiger partial charge in [0.15, 0.2) is 0 Å². The molecule has 2 aliphatic rings. The molecule has 0 saturated carbocycles. The molecule has 82 valence electrons. The summed E-state index contributed by atoms with van der Waals surface area (Å²) in [5, 5.41) is 0.716. The van der Waals surface area contributed by atoms with Crippen LogP contribution in [0.3, 0.4) is 0 Å². The first-order chi connectivity index (χ1) is 6.70. The van der Waals surface area contributed by atoms with Crippen molar-refractivity contribution >= 4 is 11.8 Å². The zero-order valence-corrected chi connectivity index (χ0v) is 10.1. The largest absolute Gasteiger partial charge is 0.329 e. The normalized spacial score (nSPS) is 44.8. The molecule has 2 heterocycles. The van der Waals surface area contributed by atoms with Gasteiger partial charge in [-0.15, -0.1) is 0 Å². The van der Waals surface area contributed by atoms with Crippen molar-refractivity contribution in [2.24, 2.45) is 5.73 Å². The average Bonchev–Trinajstić information content (AvgIpc) is 2.73. The third-order valence-corrected chi connectivity index (χ3v) is 5.52. The van der Waals surface area contributed by atoms with Gasteiger partial charge >= 0.3 is 0 Å². The van der Waals surface area contributed by atoms with Crippen molar-refractivity contribution in [3.63, 3.8) is 0 Å². The van der Waals surface area contributed by atoms with E-state index in [2.05, 4.69) is 30.5 Å². The highest BCUT2D eigenvalue weighted by atomic mass is 32.2. The van der Waals surface area contributed by atoms with Crippen molar-refractivity contribution in [1.82, 2.24) is 4.90 Å². The smallest absolute Gasteiger partial charge is 0.0458 e. The lowest BCUT2D eigenvalue weighted by Crippen LogP contribution is -2.58. The monoisotopic (exact) mass is 214 g/mol. The van der Waals surface area contributed by atoms with E-state index >= 15 is 0 Å². The van der Waals surface area contributed by atoms with E-state index in [4.69, 9.17) is 5.73 Å². The minimum atomic E-state index is 0.320. The Balaban J connectivity index is 2.18. The van der Waals surface area contributed by atoms with Crippen LogP contribution in [-0.2, 0) is 0 Å². The fourth-order valence-corrected chi connectivity index (χ4v) is 4.61. The minimum Gasteiger partial charge on any atom is -0.329 e. The van der Waals surface area contributed by atoms with E-state index < -0.39 is 0 Å². The summed E-state index contributed by atoms with van der Waals surface area (Å²) in [7, 11) is 0. The van der Waals surface area contributed by atoms with Gasteiger partial charge in [-0.05, 0) is 38.5 Å². The fraction of sp³-hybridized carbons (Fsp3) is 1.00. The lowest BCUT2D eigenvalue weighted by Gasteiger charge is -2.43. The van der Waals surface area contributed by atoms with E-state index in [-0.39, 0.29) is 0 Å². The highest BCUT2D eigenvalue weighted by Gasteiger charge is 2.47. The summed E-state index contributed by atoms with van der Waals surface area (Å²) in [4.78, 5) is 2.69. The molecule has 0 radical (unpaired) electrons. The van der Waals surface area contributed by atoms with Crippen LogP contribution in [0.15, 0.2) is 0 Å². The van der Waals surface area contributed by atoms with E-state index in [1.807, 2.05) is 0 Å². The fourth-order valence-electron chi connectivity index (χ4n) is 3.13. The molecular weight excluding hydrogens is 192 g/mol. The van der Waals surface area contributed by atoms with Crippen molar-refractivity contribution < 1.29 is 0 Å². The Labute approximate surface area is 91.6 Å². The van der Waals surface area contributed by atoms with E-state index in [0.29, 0.717) is 10.8 Å². The van der Waals surface area contributed by atoms with Crippen LogP contribution in [0.5, 0.6) is 0 Å². The van der Waals surface area contributed by atoms with E-state index in [1.165, 1.54) is 31.6 Å². The topological polar surface area (TPSA) is 29.3 Å². The molecule has 0 aliphatic carbocycles. The molecule has 2 rings (SSSR count). The molecule has 3 atom stereocenters. The van der Waals surface area contributed by atoms with Crippen molar-refractivity contribution in [2.75, 3.05) is 18.8 Å². The number of thioether (sulfide) groups is 1. The first-order valence-electron chi connectivity index (χ1n) is 5.79. The Kier molecular flexibility index (Phi) is 3.10. The Hall–Kier alpha value is 0.270. The predicted molar refractivity (Wildman–Crippen MR) is 63.7 cm³/mol. The lowest BCUT2D eigenvalue weighted by atomic mass is 9.90. The first-order valence-corrected chi connectivity index (χ1v) is 6.84. The van der Waals surface area contributed by atoms with Crippen molar-refractivity contribution in [3.05, 3.63) is 0 Å². The molecule has 0 aromatic heterocycles. The number of hydrogen-bond acceptors (Lipinski definition) is 3. The van der Waals surface area contributed by atoms with Crippen LogP contribution in [0.2, 0.25) is 0 Å². The molecule has 0 aromatic rings. The van der Waals surface area contributed by atoms with Gasteiger partial charge in [-0.25, -0.2) is 0 Å². The zero-order chi connectivity index (χ0) is 10.2. The molecular formula is C11H22N2S. The molecule has 3 heteroatoms. The summed E-state index contributed by atoms with van der Waals surface area (Å²) >= 11 is 2.10. The summed E-state index contributed by atoms with van der Waals surface area (Å²) in [6, 6.07) is 0.750. The Bertz CT molecular complexity index is 209. The van der Waals surface area contributed by atoms with E-state index in [0.717, 1.165) is 12.6 Å². The quantitative estimate of drug-likeness (QED) is 0.758. The maximum absolute atomic E-state index is 6.05. The van der Waals surface area contributed by atoms with Gasteiger partial charge in [0, 0.05) is 23.4 Å². The van der Waals surface area contributed by atoms with Gasteiger partial charge in [0.25, 0.3) is 0 Å². The van der Waals surface area contributed by atoms with Crippen LogP contribution in [0.1, 0.15) is 33.1 Å². The summed E-state index contributed by atoms with van der Waals surface area (Å²) in [5.41, 5.74) is 6.37. The highest BCUT2D eigenvalue weighted by molar-refractivity contribution is 8.00. The molecule has 2 aliphatic heterocycles. The number of likely N-dealkylation sites (tertiary alicyclic amines) is 1. The molecule has 0 spiro atoms. The maximum atomic E-state index is 6.05. The molecule has 2 N–H and O–H groups in total. The van der Waals surface area contributed by atoms with Gasteiger partial charge in [0.2, 0.25) is 0 Å². The molecule has 2 saturated heterocycles. The second kappa shape index (κ2) is 4.03. The molecule has 0 aromatic carbocycles. The van der Waals surface area contributed by atoms with Crippen LogP contribution < -0.4 is 5.73 Å². The van der Waals surface area contributed by atoms with Crippen LogP contribution in [0.4, 0.5) is 0 Å². The average molecular weight is 214 g/mol. The zero-order valence-electron chi connectivity index (χ0n) is 9.33. The molecule has 0 amide bonds. The van der Waals surface area contributed by atoms with E-state index in [9.17, 15) is 0 Å².